The molecule has 1 aromatic heterocycles. The van der Waals surface area contributed by atoms with Gasteiger partial charge in [0.25, 0.3) is 0 Å². The maximum absolute atomic E-state index is 12.4. The number of alkyl halides is 6. The van der Waals surface area contributed by atoms with Gasteiger partial charge in [-0.25, -0.2) is 9.97 Å². The Labute approximate surface area is 203 Å². The van der Waals surface area contributed by atoms with Gasteiger partial charge in [0.2, 0.25) is 0 Å². The van der Waals surface area contributed by atoms with Crippen LogP contribution >= 0.6 is 0 Å². The first-order valence-corrected chi connectivity index (χ1v) is 10.1. The summed E-state index contributed by atoms with van der Waals surface area (Å²) >= 11 is 0. The van der Waals surface area contributed by atoms with Crippen LogP contribution in [0, 0.1) is 0 Å². The molecule has 0 radical (unpaired) electrons. The number of nitrogens with zero attached hydrogens (tertiary/aromatic N) is 2. The van der Waals surface area contributed by atoms with Crippen molar-refractivity contribution >= 4 is 40.0 Å². The molecule has 0 aliphatic heterocycles. The number of benzene rings is 3. The van der Waals surface area contributed by atoms with E-state index in [9.17, 15) is 36.2 Å². The van der Waals surface area contributed by atoms with E-state index in [-0.39, 0.29) is 33.9 Å². The molecule has 8 nitrogen and oxygen atoms in total. The summed E-state index contributed by atoms with van der Waals surface area (Å²) in [6.07, 6.45) is -9.73. The number of carbonyl (C=O) groups excluding carboxylic acids is 1. The topological polar surface area (TPSA) is 108 Å². The number of rotatable bonds is 7. The highest BCUT2D eigenvalue weighted by atomic mass is 19.4. The average molecular weight is 523 g/mol. The Balaban J connectivity index is 1.67. The third kappa shape index (κ3) is 6.90. The van der Waals surface area contributed by atoms with Gasteiger partial charge in [0.05, 0.1) is 17.0 Å². The Morgan fingerprint density at radius 1 is 0.676 bits per heavy atom. The Morgan fingerprint density at radius 3 is 1.51 bits per heavy atom. The second-order valence-electron chi connectivity index (χ2n) is 7.31. The number of anilines is 4. The SMILES string of the molecule is O=C([O-])c1ccc2nc(Nc3ccc(OC(F)(F)F)cc3)c(Nc3ccc(OC(F)(F)F)cc3)nc2c1. The molecule has 0 saturated carbocycles. The molecule has 0 atom stereocenters. The lowest BCUT2D eigenvalue weighted by molar-refractivity contribution is -0.275. The molecule has 3 aromatic carbocycles. The number of halogens is 6. The molecule has 37 heavy (non-hydrogen) atoms. The average Bonchev–Trinajstić information content (AvgIpc) is 2.79. The smallest absolute Gasteiger partial charge is 0.545 e. The molecule has 2 N–H and O–H groups in total. The first-order valence-electron chi connectivity index (χ1n) is 10.1. The molecule has 1 heterocycles. The summed E-state index contributed by atoms with van der Waals surface area (Å²) in [4.78, 5) is 19.9. The number of aromatic nitrogens is 2. The Hall–Kier alpha value is -4.75. The van der Waals surface area contributed by atoms with Crippen molar-refractivity contribution in [2.24, 2.45) is 0 Å². The molecule has 0 fully saturated rings. The zero-order chi connectivity index (χ0) is 26.8. The Morgan fingerprint density at radius 2 is 1.11 bits per heavy atom. The molecule has 0 saturated heterocycles. The fourth-order valence-corrected chi connectivity index (χ4v) is 3.11. The molecule has 14 heteroatoms. The van der Waals surface area contributed by atoms with Crippen LogP contribution < -0.4 is 25.2 Å². The summed E-state index contributed by atoms with van der Waals surface area (Å²) in [7, 11) is 0. The standard InChI is InChI=1S/C23H14F6N4O4/c24-22(25,26)36-15-6-2-13(3-7-15)30-19-20(31-14-4-8-16(9-5-14)37-23(27,28)29)33-18-11-12(21(34)35)1-10-17(18)32-19/h1-11H,(H,30,32)(H,31,33)(H,34,35)/p-1. The van der Waals surface area contributed by atoms with Crippen LogP contribution in [-0.2, 0) is 0 Å². The van der Waals surface area contributed by atoms with Crippen LogP contribution in [0.2, 0.25) is 0 Å². The minimum atomic E-state index is -4.87. The van der Waals surface area contributed by atoms with Crippen molar-refractivity contribution < 1.29 is 45.7 Å². The predicted molar refractivity (Wildman–Crippen MR) is 117 cm³/mol. The minimum Gasteiger partial charge on any atom is -0.545 e. The Bertz CT molecular complexity index is 1430. The second kappa shape index (κ2) is 9.72. The zero-order valence-corrected chi connectivity index (χ0v) is 18.1. The van der Waals surface area contributed by atoms with Crippen molar-refractivity contribution in [2.75, 3.05) is 10.6 Å². The van der Waals surface area contributed by atoms with Gasteiger partial charge in [-0.05, 0) is 66.2 Å². The number of aromatic carboxylic acids is 1. The quantitative estimate of drug-likeness (QED) is 0.315. The first-order chi connectivity index (χ1) is 17.3. The molecule has 0 aliphatic carbocycles. The second-order valence-corrected chi connectivity index (χ2v) is 7.31. The number of carbonyl (C=O) groups is 1. The van der Waals surface area contributed by atoms with Crippen LogP contribution in [0.5, 0.6) is 11.5 Å². The summed E-state index contributed by atoms with van der Waals surface area (Å²) in [6.45, 7) is 0. The number of carboxylic acid groups (broad SMARTS) is 1. The zero-order valence-electron chi connectivity index (χ0n) is 18.1. The summed E-state index contributed by atoms with van der Waals surface area (Å²) < 4.78 is 82.2. The van der Waals surface area contributed by atoms with Crippen LogP contribution in [-0.4, -0.2) is 28.7 Å². The molecule has 0 spiro atoms. The normalized spacial score (nSPS) is 11.7. The van der Waals surface area contributed by atoms with Gasteiger partial charge in [-0.1, -0.05) is 6.07 Å². The summed E-state index contributed by atoms with van der Waals surface area (Å²) in [5.74, 6) is -2.24. The van der Waals surface area contributed by atoms with Gasteiger partial charge >= 0.3 is 12.7 Å². The number of carboxylic acids is 1. The lowest BCUT2D eigenvalue weighted by Crippen LogP contribution is -2.22. The number of nitrogens with one attached hydrogen (secondary N) is 2. The summed E-state index contributed by atoms with van der Waals surface area (Å²) in [5, 5.41) is 17.0. The molecular weight excluding hydrogens is 510 g/mol. The lowest BCUT2D eigenvalue weighted by atomic mass is 10.2. The molecule has 192 valence electrons. The monoisotopic (exact) mass is 523 g/mol. The van der Waals surface area contributed by atoms with Crippen molar-refractivity contribution in [1.82, 2.24) is 9.97 Å². The lowest BCUT2D eigenvalue weighted by Gasteiger charge is -2.15. The molecule has 0 amide bonds. The third-order valence-corrected chi connectivity index (χ3v) is 4.60. The predicted octanol–water partition coefficient (Wildman–Crippen LogP) is 5.28. The van der Waals surface area contributed by atoms with Gasteiger partial charge in [0.1, 0.15) is 11.5 Å². The number of fused-ring (bicyclic) bond motifs is 1. The van der Waals surface area contributed by atoms with E-state index >= 15 is 0 Å². The van der Waals surface area contributed by atoms with Gasteiger partial charge in [0.15, 0.2) is 11.6 Å². The maximum Gasteiger partial charge on any atom is 0.573 e. The van der Waals surface area contributed by atoms with Crippen LogP contribution in [0.4, 0.5) is 49.4 Å². The number of hydrogen-bond donors (Lipinski definition) is 2. The van der Waals surface area contributed by atoms with Crippen LogP contribution in [0.25, 0.3) is 11.0 Å². The largest absolute Gasteiger partial charge is 0.573 e. The van der Waals surface area contributed by atoms with Crippen molar-refractivity contribution in [3.8, 4) is 11.5 Å². The van der Waals surface area contributed by atoms with Gasteiger partial charge in [-0.15, -0.1) is 26.3 Å². The molecular formula is C23H13F6N4O4-. The number of ether oxygens (including phenoxy) is 2. The van der Waals surface area contributed by atoms with Gasteiger partial charge in [-0.2, -0.15) is 0 Å². The van der Waals surface area contributed by atoms with E-state index in [1.165, 1.54) is 42.5 Å². The summed E-state index contributed by atoms with van der Waals surface area (Å²) in [6, 6.07) is 13.3. The minimum absolute atomic E-state index is 0.0307. The van der Waals surface area contributed by atoms with E-state index < -0.39 is 30.2 Å². The molecule has 0 aliphatic rings. The van der Waals surface area contributed by atoms with Crippen LogP contribution in [0.15, 0.2) is 66.7 Å². The Kier molecular flexibility index (Phi) is 6.66. The maximum atomic E-state index is 12.4. The highest BCUT2D eigenvalue weighted by Crippen LogP contribution is 2.31. The molecule has 0 bridgehead atoms. The summed E-state index contributed by atoms with van der Waals surface area (Å²) in [5.41, 5.74) is 0.828. The highest BCUT2D eigenvalue weighted by molar-refractivity contribution is 5.92. The van der Waals surface area contributed by atoms with E-state index in [1.807, 2.05) is 0 Å². The van der Waals surface area contributed by atoms with Gasteiger partial charge in [-0.3, -0.25) is 0 Å². The third-order valence-electron chi connectivity index (χ3n) is 4.60. The van der Waals surface area contributed by atoms with Crippen LogP contribution in [0.3, 0.4) is 0 Å². The van der Waals surface area contributed by atoms with Gasteiger partial charge in [0, 0.05) is 11.4 Å². The van der Waals surface area contributed by atoms with E-state index in [0.29, 0.717) is 5.69 Å². The van der Waals surface area contributed by atoms with E-state index in [2.05, 4.69) is 30.1 Å². The molecule has 4 aromatic rings. The van der Waals surface area contributed by atoms with E-state index in [4.69, 9.17) is 0 Å². The van der Waals surface area contributed by atoms with Crippen LogP contribution in [0.1, 0.15) is 10.4 Å². The van der Waals surface area contributed by atoms with Gasteiger partial charge < -0.3 is 30.0 Å². The molecule has 4 rings (SSSR count). The van der Waals surface area contributed by atoms with Crippen molar-refractivity contribution in [3.05, 3.63) is 72.3 Å². The fourth-order valence-electron chi connectivity index (χ4n) is 3.11. The van der Waals surface area contributed by atoms with E-state index in [1.54, 1.807) is 0 Å². The highest BCUT2D eigenvalue weighted by Gasteiger charge is 2.31. The van der Waals surface area contributed by atoms with E-state index in [0.717, 1.165) is 24.3 Å². The van der Waals surface area contributed by atoms with Crippen molar-refractivity contribution in [3.63, 3.8) is 0 Å². The van der Waals surface area contributed by atoms with Crippen molar-refractivity contribution in [1.29, 1.82) is 0 Å². The first kappa shape index (κ1) is 25.3. The fraction of sp³-hybridized carbons (Fsp3) is 0.0870. The van der Waals surface area contributed by atoms with Crippen molar-refractivity contribution in [2.45, 2.75) is 12.7 Å². The molecule has 0 unspecified atom stereocenters. The number of hydrogen-bond acceptors (Lipinski definition) is 8.